The Morgan fingerprint density at radius 1 is 0.560 bits per heavy atom. The minimum atomic E-state index is -0.129. The lowest BCUT2D eigenvalue weighted by molar-refractivity contribution is -0.443. The van der Waals surface area contributed by atoms with Crippen LogP contribution in [-0.4, -0.2) is 168 Å². The number of hydrogen-bond donors (Lipinski definition) is 1. The van der Waals surface area contributed by atoms with Crippen LogP contribution in [0.3, 0.4) is 0 Å². The zero-order chi connectivity index (χ0) is 36.0. The summed E-state index contributed by atoms with van der Waals surface area (Å²) in [5, 5.41) is 12.2. The monoisotopic (exact) mass is 738 g/mol. The molecule has 16 heteroatoms. The van der Waals surface area contributed by atoms with Gasteiger partial charge >= 0.3 is 0 Å². The predicted octanol–water partition coefficient (Wildman–Crippen LogP) is 3.32. The Bertz CT molecular complexity index is 1000. The molecule has 1 aromatic rings. The van der Waals surface area contributed by atoms with Crippen molar-refractivity contribution in [2.24, 2.45) is 0 Å². The summed E-state index contributed by atoms with van der Waals surface area (Å²) in [5.41, 5.74) is 3.46. The second kappa shape index (κ2) is 30.2. The molecule has 1 aliphatic heterocycles. The summed E-state index contributed by atoms with van der Waals surface area (Å²) >= 11 is 0.964. The highest BCUT2D eigenvalue weighted by Gasteiger charge is 2.43. The maximum atomic E-state index is 8.43. The van der Waals surface area contributed by atoms with Crippen LogP contribution in [0.1, 0.15) is 26.3 Å². The van der Waals surface area contributed by atoms with Crippen molar-refractivity contribution >= 4 is 23.4 Å². The second-order valence-electron chi connectivity index (χ2n) is 11.4. The van der Waals surface area contributed by atoms with Crippen molar-refractivity contribution in [1.29, 1.82) is 0 Å². The molecule has 0 saturated heterocycles. The van der Waals surface area contributed by atoms with Gasteiger partial charge in [-0.25, -0.2) is 5.26 Å². The van der Waals surface area contributed by atoms with Gasteiger partial charge in [-0.05, 0) is 26.0 Å². The zero-order valence-electron chi connectivity index (χ0n) is 30.4. The fourth-order valence-corrected chi connectivity index (χ4v) is 5.14. The molecule has 0 fully saturated rings. The summed E-state index contributed by atoms with van der Waals surface area (Å²) in [5.74, 6) is 0. The number of rotatable bonds is 36. The molecular formula is C34H60NO14S+. The first-order valence-electron chi connectivity index (χ1n) is 17.2. The van der Waals surface area contributed by atoms with E-state index in [1.165, 1.54) is 11.3 Å². The SMILES string of the molecule is COCCOCCOCCOCCOCCOCCOCCOCCOCCOCCOCC[N+]1=C(C)C(C)(C)c2cc(SOOO)ccc21. The highest BCUT2D eigenvalue weighted by Crippen LogP contribution is 2.41. The molecule has 0 unspecified atom stereocenters. The fraction of sp³-hybridized carbons (Fsp3) is 0.794. The van der Waals surface area contributed by atoms with Crippen molar-refractivity contribution in [2.45, 2.75) is 31.1 Å². The lowest BCUT2D eigenvalue weighted by Crippen LogP contribution is -2.27. The lowest BCUT2D eigenvalue weighted by atomic mass is 9.82. The van der Waals surface area contributed by atoms with Crippen LogP contribution in [0.2, 0.25) is 0 Å². The van der Waals surface area contributed by atoms with Gasteiger partial charge in [0.05, 0.1) is 150 Å². The quantitative estimate of drug-likeness (QED) is 0.0353. The van der Waals surface area contributed by atoms with Crippen LogP contribution in [-0.2, 0) is 66.9 Å². The van der Waals surface area contributed by atoms with Gasteiger partial charge in [-0.2, -0.15) is 4.58 Å². The summed E-state index contributed by atoms with van der Waals surface area (Å²) in [6, 6.07) is 6.05. The zero-order valence-corrected chi connectivity index (χ0v) is 31.2. The third-order valence-electron chi connectivity index (χ3n) is 7.64. The van der Waals surface area contributed by atoms with Crippen LogP contribution in [0.15, 0.2) is 23.1 Å². The molecule has 290 valence electrons. The molecule has 0 radical (unpaired) electrons. The third kappa shape index (κ3) is 20.1. The number of nitrogens with zero attached hydrogens (tertiary/aromatic N) is 1. The van der Waals surface area contributed by atoms with Crippen molar-refractivity contribution in [3.8, 4) is 0 Å². The van der Waals surface area contributed by atoms with Crippen molar-refractivity contribution in [1.82, 2.24) is 0 Å². The first kappa shape index (κ1) is 44.8. The van der Waals surface area contributed by atoms with Crippen molar-refractivity contribution in [3.63, 3.8) is 0 Å². The fourth-order valence-electron chi connectivity index (χ4n) is 4.74. The normalized spacial score (nSPS) is 13.9. The van der Waals surface area contributed by atoms with E-state index in [0.29, 0.717) is 139 Å². The largest absolute Gasteiger partial charge is 0.382 e. The summed E-state index contributed by atoms with van der Waals surface area (Å²) in [6.45, 7) is 18.3. The summed E-state index contributed by atoms with van der Waals surface area (Å²) in [7, 11) is 1.64. The van der Waals surface area contributed by atoms with E-state index in [9.17, 15) is 0 Å². The van der Waals surface area contributed by atoms with Gasteiger partial charge in [0.15, 0.2) is 12.3 Å². The van der Waals surface area contributed by atoms with E-state index in [1.54, 1.807) is 7.11 Å². The molecule has 50 heavy (non-hydrogen) atoms. The molecule has 0 amide bonds. The first-order chi connectivity index (χ1) is 24.5. The van der Waals surface area contributed by atoms with Gasteiger partial charge in [0, 0.05) is 30.6 Å². The van der Waals surface area contributed by atoms with Crippen LogP contribution >= 0.6 is 12.0 Å². The standard InChI is InChI=1S/C34H59NO14S/c1-30-34(2,3)32-29-31(50-49-48-36)5-6-33(32)35(30)7-8-38-11-12-40-15-16-42-19-20-44-23-24-46-27-28-47-26-25-45-22-21-43-18-17-41-14-13-39-10-9-37-4/h5-6,29H,7-28H2,1-4H3/p+1. The minimum absolute atomic E-state index is 0.129. The molecular weight excluding hydrogens is 678 g/mol. The summed E-state index contributed by atoms with van der Waals surface area (Å²) in [6.07, 6.45) is 0. The van der Waals surface area contributed by atoms with Crippen LogP contribution in [0, 0.1) is 0 Å². The molecule has 0 atom stereocenters. The molecule has 15 nitrogen and oxygen atoms in total. The molecule has 1 N–H and O–H groups in total. The third-order valence-corrected chi connectivity index (χ3v) is 8.22. The Kier molecular flexibility index (Phi) is 27.1. The van der Waals surface area contributed by atoms with Gasteiger partial charge in [-0.3, -0.25) is 0 Å². The molecule has 1 heterocycles. The van der Waals surface area contributed by atoms with Gasteiger partial charge in [0.2, 0.25) is 5.69 Å². The molecule has 1 aliphatic rings. The number of hydrogen-bond acceptors (Lipinski definition) is 15. The number of ether oxygens (including phenoxy) is 11. The van der Waals surface area contributed by atoms with Crippen LogP contribution in [0.25, 0.3) is 0 Å². The lowest BCUT2D eigenvalue weighted by Gasteiger charge is -2.15. The Labute approximate surface area is 301 Å². The van der Waals surface area contributed by atoms with Gasteiger partial charge in [0.25, 0.3) is 0 Å². The Hall–Kier alpha value is -1.32. The van der Waals surface area contributed by atoms with Crippen molar-refractivity contribution in [3.05, 3.63) is 23.8 Å². The smallest absolute Gasteiger partial charge is 0.209 e. The number of fused-ring (bicyclic) bond motifs is 1. The van der Waals surface area contributed by atoms with Gasteiger partial charge < -0.3 is 52.1 Å². The minimum Gasteiger partial charge on any atom is -0.382 e. The molecule has 2 rings (SSSR count). The summed E-state index contributed by atoms with van der Waals surface area (Å²) in [4.78, 5) is 0.848. The van der Waals surface area contributed by atoms with E-state index in [-0.39, 0.29) is 5.41 Å². The number of methoxy groups -OCH3 is 1. The predicted molar refractivity (Wildman–Crippen MR) is 186 cm³/mol. The first-order valence-corrected chi connectivity index (χ1v) is 17.9. The van der Waals surface area contributed by atoms with E-state index in [4.69, 9.17) is 57.4 Å². The highest BCUT2D eigenvalue weighted by molar-refractivity contribution is 7.94. The molecule has 0 bridgehead atoms. The van der Waals surface area contributed by atoms with Crippen LogP contribution in [0.5, 0.6) is 0 Å². The second-order valence-corrected chi connectivity index (χ2v) is 12.2. The van der Waals surface area contributed by atoms with E-state index < -0.39 is 0 Å². The van der Waals surface area contributed by atoms with E-state index in [2.05, 4.69) is 46.9 Å². The molecule has 0 aliphatic carbocycles. The molecule has 0 saturated carbocycles. The summed E-state index contributed by atoms with van der Waals surface area (Å²) < 4.78 is 66.9. The van der Waals surface area contributed by atoms with Crippen LogP contribution in [0.4, 0.5) is 5.69 Å². The van der Waals surface area contributed by atoms with E-state index >= 15 is 0 Å². The molecule has 1 aromatic carbocycles. The Morgan fingerprint density at radius 3 is 1.28 bits per heavy atom. The molecule has 0 aromatic heterocycles. The van der Waals surface area contributed by atoms with Gasteiger partial charge in [-0.1, -0.05) is 5.04 Å². The van der Waals surface area contributed by atoms with Crippen molar-refractivity contribution < 1.29 is 71.3 Å². The van der Waals surface area contributed by atoms with E-state index in [0.717, 1.165) is 29.2 Å². The average molecular weight is 739 g/mol. The Morgan fingerprint density at radius 2 is 0.920 bits per heavy atom. The molecule has 0 spiro atoms. The maximum Gasteiger partial charge on any atom is 0.209 e. The topological polar surface area (TPSA) is 143 Å². The Balaban J connectivity index is 1.27. The average Bonchev–Trinajstić information content (AvgIpc) is 3.30. The van der Waals surface area contributed by atoms with Crippen molar-refractivity contribution in [2.75, 3.05) is 152 Å². The number of benzene rings is 1. The van der Waals surface area contributed by atoms with E-state index in [1.807, 2.05) is 6.07 Å². The van der Waals surface area contributed by atoms with Gasteiger partial charge in [0.1, 0.15) is 6.61 Å². The van der Waals surface area contributed by atoms with Crippen LogP contribution < -0.4 is 0 Å². The highest BCUT2D eigenvalue weighted by atomic mass is 32.2. The maximum absolute atomic E-state index is 8.43. The van der Waals surface area contributed by atoms with Gasteiger partial charge in [-0.15, -0.1) is 4.33 Å².